The maximum absolute atomic E-state index is 15.3. The van der Waals surface area contributed by atoms with Gasteiger partial charge in [-0.25, -0.2) is 4.39 Å². The first kappa shape index (κ1) is 22.4. The summed E-state index contributed by atoms with van der Waals surface area (Å²) >= 11 is 6.44. The smallest absolute Gasteiger partial charge is 0.276 e. The Morgan fingerprint density at radius 2 is 1.90 bits per heavy atom. The monoisotopic (exact) mass is 449 g/mol. The van der Waals surface area contributed by atoms with Gasteiger partial charge in [-0.1, -0.05) is 11.6 Å². The van der Waals surface area contributed by atoms with Crippen molar-refractivity contribution in [2.45, 2.75) is 32.4 Å². The summed E-state index contributed by atoms with van der Waals surface area (Å²) < 4.78 is 16.8. The van der Waals surface area contributed by atoms with Crippen LogP contribution in [0.3, 0.4) is 0 Å². The van der Waals surface area contributed by atoms with Crippen LogP contribution in [0.4, 0.5) is 15.8 Å². The molecule has 0 aliphatic carbocycles. The number of rotatable bonds is 4. The van der Waals surface area contributed by atoms with Crippen LogP contribution in [0.15, 0.2) is 10.9 Å². The second-order valence-electron chi connectivity index (χ2n) is 9.45. The molecule has 0 bridgehead atoms. The van der Waals surface area contributed by atoms with Crippen molar-refractivity contribution in [3.8, 4) is 0 Å². The number of hydrogen-bond acceptors (Lipinski definition) is 5. The van der Waals surface area contributed by atoms with Crippen molar-refractivity contribution in [2.24, 2.45) is 7.05 Å². The van der Waals surface area contributed by atoms with Gasteiger partial charge in [-0.3, -0.25) is 9.69 Å². The normalized spacial score (nSPS) is 21.7. The van der Waals surface area contributed by atoms with E-state index in [2.05, 4.69) is 47.7 Å². The molecule has 0 N–H and O–H groups in total. The SMILES string of the molecule is Cc1c(Cl)cc2c3c(c(=O)n(C)c2c1F)N(CCCN(C)C)CC1CN(C)C(C)CN31. The van der Waals surface area contributed by atoms with Crippen molar-refractivity contribution < 1.29 is 4.39 Å². The molecule has 2 unspecified atom stereocenters. The fourth-order valence-electron chi connectivity index (χ4n) is 5.02. The molecule has 4 rings (SSSR count). The molecule has 170 valence electrons. The third kappa shape index (κ3) is 3.70. The van der Waals surface area contributed by atoms with E-state index in [0.717, 1.165) is 50.2 Å². The molecule has 0 saturated carbocycles. The Labute approximate surface area is 188 Å². The second kappa shape index (κ2) is 8.26. The number of hydrogen-bond donors (Lipinski definition) is 0. The Morgan fingerprint density at radius 3 is 2.58 bits per heavy atom. The Balaban J connectivity index is 1.96. The molecule has 3 heterocycles. The molecule has 2 atom stereocenters. The highest BCUT2D eigenvalue weighted by atomic mass is 35.5. The summed E-state index contributed by atoms with van der Waals surface area (Å²) in [5.74, 6) is -0.409. The Hall–Kier alpha value is -1.83. The molecule has 2 aliphatic heterocycles. The number of benzene rings is 1. The zero-order chi connectivity index (χ0) is 22.6. The quantitative estimate of drug-likeness (QED) is 0.717. The van der Waals surface area contributed by atoms with Gasteiger partial charge in [0.2, 0.25) is 0 Å². The van der Waals surface area contributed by atoms with E-state index in [0.29, 0.717) is 27.8 Å². The fraction of sp³-hybridized carbons (Fsp3) is 0.609. The van der Waals surface area contributed by atoms with Crippen molar-refractivity contribution in [2.75, 3.05) is 63.7 Å². The lowest BCUT2D eigenvalue weighted by Gasteiger charge is -2.51. The van der Waals surface area contributed by atoms with Crippen LogP contribution in [0.5, 0.6) is 0 Å². The van der Waals surface area contributed by atoms with Gasteiger partial charge in [0.1, 0.15) is 5.69 Å². The van der Waals surface area contributed by atoms with Crippen LogP contribution in [0.1, 0.15) is 18.9 Å². The van der Waals surface area contributed by atoms with E-state index in [9.17, 15) is 4.79 Å². The molecule has 31 heavy (non-hydrogen) atoms. The average Bonchev–Trinajstić information content (AvgIpc) is 2.70. The molecule has 1 saturated heterocycles. The molecule has 2 aromatic rings. The Bertz CT molecular complexity index is 1070. The number of halogens is 2. The topological polar surface area (TPSA) is 35.0 Å². The van der Waals surface area contributed by atoms with Crippen LogP contribution >= 0.6 is 11.6 Å². The first-order valence-corrected chi connectivity index (χ1v) is 11.4. The van der Waals surface area contributed by atoms with Crippen LogP contribution in [-0.2, 0) is 7.05 Å². The predicted molar refractivity (Wildman–Crippen MR) is 128 cm³/mol. The van der Waals surface area contributed by atoms with Crippen molar-refractivity contribution in [3.63, 3.8) is 0 Å². The number of anilines is 2. The molecule has 0 spiro atoms. The number of likely N-dealkylation sites (N-methyl/N-ethyl adjacent to an activating group) is 1. The highest BCUT2D eigenvalue weighted by molar-refractivity contribution is 6.32. The predicted octanol–water partition coefficient (Wildman–Crippen LogP) is 2.92. The summed E-state index contributed by atoms with van der Waals surface area (Å²) in [6.45, 7) is 8.09. The molecule has 2 aliphatic rings. The summed E-state index contributed by atoms with van der Waals surface area (Å²) in [5.41, 5.74) is 2.11. The van der Waals surface area contributed by atoms with Gasteiger partial charge >= 0.3 is 0 Å². The third-order valence-electron chi connectivity index (χ3n) is 6.96. The zero-order valence-corrected chi connectivity index (χ0v) is 20.1. The highest BCUT2D eigenvalue weighted by Crippen LogP contribution is 2.42. The van der Waals surface area contributed by atoms with Crippen molar-refractivity contribution >= 4 is 33.9 Å². The standard InChI is InChI=1S/C23H33ClFN5O/c1-14-11-30-16(12-27(14)5)13-29(9-7-8-26(3)4)22-21(30)17-10-18(24)15(2)19(25)20(17)28(6)23(22)31/h10,14,16H,7-9,11-13H2,1-6H3. The number of fused-ring (bicyclic) bond motifs is 5. The van der Waals surface area contributed by atoms with Crippen molar-refractivity contribution in [1.29, 1.82) is 0 Å². The van der Waals surface area contributed by atoms with Gasteiger partial charge in [0.25, 0.3) is 5.56 Å². The maximum atomic E-state index is 15.3. The summed E-state index contributed by atoms with van der Waals surface area (Å²) in [5, 5.41) is 1.12. The van der Waals surface area contributed by atoms with E-state index in [1.165, 1.54) is 4.57 Å². The molecule has 1 aromatic carbocycles. The van der Waals surface area contributed by atoms with E-state index in [4.69, 9.17) is 11.6 Å². The van der Waals surface area contributed by atoms with Crippen LogP contribution in [0, 0.1) is 12.7 Å². The van der Waals surface area contributed by atoms with Crippen LogP contribution in [0.25, 0.3) is 10.9 Å². The zero-order valence-electron chi connectivity index (χ0n) is 19.4. The van der Waals surface area contributed by atoms with Gasteiger partial charge in [-0.2, -0.15) is 0 Å². The van der Waals surface area contributed by atoms with E-state index in [-0.39, 0.29) is 11.6 Å². The number of nitrogens with zero attached hydrogens (tertiary/aromatic N) is 5. The molecule has 0 amide bonds. The molecular weight excluding hydrogens is 417 g/mol. The second-order valence-corrected chi connectivity index (χ2v) is 9.86. The molecule has 6 nitrogen and oxygen atoms in total. The van der Waals surface area contributed by atoms with Gasteiger partial charge in [-0.05, 0) is 54.0 Å². The minimum Gasteiger partial charge on any atom is -0.363 e. The summed E-state index contributed by atoms with van der Waals surface area (Å²) in [4.78, 5) is 22.7. The largest absolute Gasteiger partial charge is 0.363 e. The first-order valence-electron chi connectivity index (χ1n) is 11.0. The molecule has 1 fully saturated rings. The van der Waals surface area contributed by atoms with Crippen LogP contribution < -0.4 is 15.4 Å². The van der Waals surface area contributed by atoms with Gasteiger partial charge in [0, 0.05) is 55.2 Å². The number of aryl methyl sites for hydroxylation is 1. The molecule has 0 radical (unpaired) electrons. The number of aromatic nitrogens is 1. The summed E-state index contributed by atoms with van der Waals surface area (Å²) in [6, 6.07) is 2.43. The van der Waals surface area contributed by atoms with E-state index in [1.807, 2.05) is 6.07 Å². The number of piperazine rings is 1. The minimum absolute atomic E-state index is 0.141. The highest BCUT2D eigenvalue weighted by Gasteiger charge is 2.39. The minimum atomic E-state index is -0.409. The van der Waals surface area contributed by atoms with E-state index < -0.39 is 5.82 Å². The number of pyridine rings is 1. The third-order valence-corrected chi connectivity index (χ3v) is 7.36. The lowest BCUT2D eigenvalue weighted by molar-refractivity contribution is 0.198. The van der Waals surface area contributed by atoms with Crippen molar-refractivity contribution in [3.05, 3.63) is 32.8 Å². The Kier molecular flexibility index (Phi) is 5.96. The van der Waals surface area contributed by atoms with E-state index >= 15 is 4.39 Å². The van der Waals surface area contributed by atoms with Crippen molar-refractivity contribution in [1.82, 2.24) is 14.4 Å². The van der Waals surface area contributed by atoms with Crippen LogP contribution in [0.2, 0.25) is 5.02 Å². The van der Waals surface area contributed by atoms with Crippen LogP contribution in [-0.4, -0.2) is 80.3 Å². The maximum Gasteiger partial charge on any atom is 0.276 e. The van der Waals surface area contributed by atoms with E-state index in [1.54, 1.807) is 14.0 Å². The average molecular weight is 450 g/mol. The fourth-order valence-corrected chi connectivity index (χ4v) is 5.21. The molecule has 8 heteroatoms. The van der Waals surface area contributed by atoms with Gasteiger partial charge in [0.15, 0.2) is 5.82 Å². The lowest BCUT2D eigenvalue weighted by atomic mass is 9.98. The summed E-state index contributed by atoms with van der Waals surface area (Å²) in [6.07, 6.45) is 0.954. The van der Waals surface area contributed by atoms with Gasteiger partial charge in [-0.15, -0.1) is 0 Å². The van der Waals surface area contributed by atoms with Gasteiger partial charge in [0.05, 0.1) is 17.2 Å². The Morgan fingerprint density at radius 1 is 1.19 bits per heavy atom. The lowest BCUT2D eigenvalue weighted by Crippen LogP contribution is -2.63. The summed E-state index contributed by atoms with van der Waals surface area (Å²) in [7, 11) is 7.93. The first-order chi connectivity index (χ1) is 14.6. The molecular formula is C23H33ClFN5O. The van der Waals surface area contributed by atoms with Gasteiger partial charge < -0.3 is 19.3 Å². The molecule has 1 aromatic heterocycles.